The van der Waals surface area contributed by atoms with Crippen molar-refractivity contribution in [2.45, 2.75) is 51.7 Å². The average Bonchev–Trinajstić information content (AvgIpc) is 3.41. The van der Waals surface area contributed by atoms with Gasteiger partial charge in [-0.25, -0.2) is 8.42 Å². The number of halogens is 1. The first-order valence-electron chi connectivity index (χ1n) is 13.8. The number of benzene rings is 3. The maximum Gasteiger partial charge on any atom is 0.243 e. The molecule has 1 aliphatic rings. The Morgan fingerprint density at radius 3 is 2.31 bits per heavy atom. The van der Waals surface area contributed by atoms with Gasteiger partial charge in [-0.15, -0.1) is 0 Å². The van der Waals surface area contributed by atoms with Crippen LogP contribution in [0.4, 0.5) is 5.69 Å². The van der Waals surface area contributed by atoms with E-state index in [0.717, 1.165) is 21.9 Å². The summed E-state index contributed by atoms with van der Waals surface area (Å²) in [7, 11) is -3.65. The minimum Gasteiger partial charge on any atom is -0.454 e. The lowest BCUT2D eigenvalue weighted by Crippen LogP contribution is -2.51. The maximum atomic E-state index is 13.9. The summed E-state index contributed by atoms with van der Waals surface area (Å²) in [5.41, 5.74) is 2.24. The van der Waals surface area contributed by atoms with E-state index in [2.05, 4.69) is 21.2 Å². The second-order valence-corrected chi connectivity index (χ2v) is 13.3. The van der Waals surface area contributed by atoms with Crippen LogP contribution in [0.3, 0.4) is 0 Å². The van der Waals surface area contributed by atoms with Gasteiger partial charge >= 0.3 is 0 Å². The van der Waals surface area contributed by atoms with E-state index in [1.807, 2.05) is 68.4 Å². The quantitative estimate of drug-likeness (QED) is 0.281. The molecule has 2 amide bonds. The molecule has 224 valence electrons. The third-order valence-electron chi connectivity index (χ3n) is 6.76. The Bertz CT molecular complexity index is 1480. The highest BCUT2D eigenvalue weighted by Crippen LogP contribution is 2.36. The number of carbonyl (C=O) groups is 2. The highest BCUT2D eigenvalue weighted by atomic mass is 79.9. The number of carbonyl (C=O) groups excluding carboxylic acids is 2. The number of hydrogen-bond acceptors (Lipinski definition) is 6. The molecule has 1 atom stereocenters. The van der Waals surface area contributed by atoms with Gasteiger partial charge in [0, 0.05) is 42.5 Å². The smallest absolute Gasteiger partial charge is 0.243 e. The largest absolute Gasteiger partial charge is 0.454 e. The van der Waals surface area contributed by atoms with Gasteiger partial charge in [0.25, 0.3) is 0 Å². The van der Waals surface area contributed by atoms with Crippen LogP contribution in [0.25, 0.3) is 0 Å². The molecule has 42 heavy (non-hydrogen) atoms. The minimum atomic E-state index is -3.65. The van der Waals surface area contributed by atoms with Crippen LogP contribution in [0.1, 0.15) is 37.8 Å². The Morgan fingerprint density at radius 1 is 0.952 bits per heavy atom. The molecule has 0 bridgehead atoms. The van der Waals surface area contributed by atoms with Crippen LogP contribution in [-0.2, 0) is 32.6 Å². The molecular weight excluding hydrogens is 622 g/mol. The van der Waals surface area contributed by atoms with Gasteiger partial charge in [0.1, 0.15) is 6.04 Å². The van der Waals surface area contributed by atoms with E-state index >= 15 is 0 Å². The molecule has 1 N–H and O–H groups in total. The van der Waals surface area contributed by atoms with Crippen LogP contribution in [0.2, 0.25) is 0 Å². The number of rotatable bonds is 13. The first-order chi connectivity index (χ1) is 20.0. The molecule has 0 saturated heterocycles. The third kappa shape index (κ3) is 8.48. The van der Waals surface area contributed by atoms with E-state index in [4.69, 9.17) is 9.47 Å². The van der Waals surface area contributed by atoms with Crippen LogP contribution in [0, 0.1) is 0 Å². The van der Waals surface area contributed by atoms with E-state index in [9.17, 15) is 18.0 Å². The molecule has 9 nitrogen and oxygen atoms in total. The number of nitrogens with zero attached hydrogens (tertiary/aromatic N) is 2. The third-order valence-corrected chi connectivity index (χ3v) is 8.49. The molecule has 3 aromatic carbocycles. The molecule has 1 heterocycles. The lowest BCUT2D eigenvalue weighted by molar-refractivity contribution is -0.141. The van der Waals surface area contributed by atoms with Crippen LogP contribution in [-0.4, -0.2) is 56.8 Å². The summed E-state index contributed by atoms with van der Waals surface area (Å²) in [4.78, 5) is 29.0. The van der Waals surface area contributed by atoms with Crippen LogP contribution < -0.4 is 19.1 Å². The zero-order valence-corrected chi connectivity index (χ0v) is 26.4. The maximum absolute atomic E-state index is 13.9. The van der Waals surface area contributed by atoms with Gasteiger partial charge in [-0.1, -0.05) is 58.4 Å². The standard InChI is InChI=1S/C31H36BrN3O6S/c1-22(2)33-31(37)27(18-23-8-5-4-6-9-23)34(20-24-11-13-25(32)14-12-24)30(36)10-7-17-35(42(3,38)39)26-15-16-28-29(19-26)41-21-40-28/h4-6,8-9,11-16,19,22,27H,7,10,17-18,20-21H2,1-3H3,(H,33,37)/t27-/m1/s1. The molecule has 3 aromatic rings. The fourth-order valence-corrected chi connectivity index (χ4v) is 5.99. The number of hydrogen-bond donors (Lipinski definition) is 1. The molecule has 0 spiro atoms. The molecule has 0 saturated carbocycles. The summed E-state index contributed by atoms with van der Waals surface area (Å²) in [5, 5.41) is 2.98. The fraction of sp³-hybridized carbons (Fsp3) is 0.355. The molecule has 0 radical (unpaired) electrons. The number of nitrogens with one attached hydrogen (secondary N) is 1. The van der Waals surface area contributed by atoms with E-state index in [0.29, 0.717) is 23.6 Å². The SMILES string of the molecule is CC(C)NC(=O)[C@@H](Cc1ccccc1)N(Cc1ccc(Br)cc1)C(=O)CCCN(c1ccc2c(c1)OCO2)S(C)(=O)=O. The minimum absolute atomic E-state index is 0.0490. The van der Waals surface area contributed by atoms with Crippen LogP contribution in [0.15, 0.2) is 77.3 Å². The monoisotopic (exact) mass is 657 g/mol. The molecule has 0 aliphatic carbocycles. The summed E-state index contributed by atoms with van der Waals surface area (Å²) >= 11 is 3.45. The van der Waals surface area contributed by atoms with Crippen molar-refractivity contribution in [3.63, 3.8) is 0 Å². The van der Waals surface area contributed by atoms with Gasteiger partial charge in [-0.3, -0.25) is 13.9 Å². The highest BCUT2D eigenvalue weighted by Gasteiger charge is 2.31. The second kappa shape index (κ2) is 14.1. The number of amides is 2. The van der Waals surface area contributed by atoms with Gasteiger partial charge in [-0.05, 0) is 55.7 Å². The van der Waals surface area contributed by atoms with Crippen molar-refractivity contribution in [3.05, 3.63) is 88.4 Å². The predicted molar refractivity (Wildman–Crippen MR) is 166 cm³/mol. The first-order valence-corrected chi connectivity index (χ1v) is 16.4. The predicted octanol–water partition coefficient (Wildman–Crippen LogP) is 4.89. The molecule has 0 fully saturated rings. The summed E-state index contributed by atoms with van der Waals surface area (Å²) in [5.74, 6) is 0.544. The number of sulfonamides is 1. The van der Waals surface area contributed by atoms with E-state index in [1.165, 1.54) is 4.31 Å². The summed E-state index contributed by atoms with van der Waals surface area (Å²) < 4.78 is 38.4. The van der Waals surface area contributed by atoms with Gasteiger partial charge in [-0.2, -0.15) is 0 Å². The van der Waals surface area contributed by atoms with Gasteiger partial charge in [0.2, 0.25) is 28.6 Å². The molecule has 0 unspecified atom stereocenters. The van der Waals surface area contributed by atoms with Crippen molar-refractivity contribution in [3.8, 4) is 11.5 Å². The van der Waals surface area contributed by atoms with Gasteiger partial charge in [0.15, 0.2) is 11.5 Å². The highest BCUT2D eigenvalue weighted by molar-refractivity contribution is 9.10. The van der Waals surface area contributed by atoms with Crippen molar-refractivity contribution in [2.75, 3.05) is 23.9 Å². The first kappa shape index (κ1) is 31.4. The van der Waals surface area contributed by atoms with Crippen molar-refractivity contribution < 1.29 is 27.5 Å². The lowest BCUT2D eigenvalue weighted by atomic mass is 10.0. The fourth-order valence-electron chi connectivity index (χ4n) is 4.77. The van der Waals surface area contributed by atoms with Crippen molar-refractivity contribution in [2.24, 2.45) is 0 Å². The molecular formula is C31H36BrN3O6S. The van der Waals surface area contributed by atoms with E-state index < -0.39 is 16.1 Å². The van der Waals surface area contributed by atoms with E-state index in [1.54, 1.807) is 23.1 Å². The normalized spacial score (nSPS) is 13.1. The molecule has 11 heteroatoms. The summed E-state index contributed by atoms with van der Waals surface area (Å²) in [6, 6.07) is 21.3. The van der Waals surface area contributed by atoms with Crippen molar-refractivity contribution in [1.29, 1.82) is 0 Å². The topological polar surface area (TPSA) is 105 Å². The summed E-state index contributed by atoms with van der Waals surface area (Å²) in [6.07, 6.45) is 1.77. The molecule has 0 aromatic heterocycles. The molecule has 4 rings (SSSR count). The van der Waals surface area contributed by atoms with Crippen LogP contribution in [0.5, 0.6) is 11.5 Å². The average molecular weight is 659 g/mol. The number of anilines is 1. The Hall–Kier alpha value is -3.57. The lowest BCUT2D eigenvalue weighted by Gasteiger charge is -2.32. The Labute approximate surface area is 256 Å². The number of fused-ring (bicyclic) bond motifs is 1. The Morgan fingerprint density at radius 2 is 1.64 bits per heavy atom. The van der Waals surface area contributed by atoms with Crippen LogP contribution >= 0.6 is 15.9 Å². The second-order valence-electron chi connectivity index (χ2n) is 10.5. The van der Waals surface area contributed by atoms with E-state index in [-0.39, 0.29) is 50.6 Å². The Kier molecular flexibility index (Phi) is 10.5. The zero-order chi connectivity index (χ0) is 30.3. The number of ether oxygens (including phenoxy) is 2. The van der Waals surface area contributed by atoms with Gasteiger partial charge in [0.05, 0.1) is 11.9 Å². The van der Waals surface area contributed by atoms with Crippen molar-refractivity contribution >= 4 is 43.5 Å². The van der Waals surface area contributed by atoms with Crippen molar-refractivity contribution in [1.82, 2.24) is 10.2 Å². The zero-order valence-electron chi connectivity index (χ0n) is 24.0. The summed E-state index contributed by atoms with van der Waals surface area (Å²) in [6.45, 7) is 4.16. The molecule has 1 aliphatic heterocycles. The van der Waals surface area contributed by atoms with Gasteiger partial charge < -0.3 is 19.7 Å². The Balaban J connectivity index is 1.57.